The molecule has 0 atom stereocenters. The van der Waals surface area contributed by atoms with Crippen LogP contribution in [-0.2, 0) is 25.9 Å². The van der Waals surface area contributed by atoms with Gasteiger partial charge < -0.3 is 6.42 Å². The number of hydrogen-bond donors (Lipinski definition) is 0. The maximum Gasteiger partial charge on any atom is 0.0240 e. The van der Waals surface area contributed by atoms with E-state index in [1.54, 1.807) is 22.3 Å². The Morgan fingerprint density at radius 2 is 1.64 bits per heavy atom. The van der Waals surface area contributed by atoms with E-state index in [9.17, 15) is 0 Å². The fraction of sp³-hybridized carbons (Fsp3) is 0.462. The molecule has 1 nitrogen and oxygen atoms in total. The van der Waals surface area contributed by atoms with Crippen LogP contribution in [0.1, 0.15) is 29.2 Å². The molecule has 0 fully saturated rings. The highest BCUT2D eigenvalue weighted by Crippen LogP contribution is 2.30. The minimum Gasteiger partial charge on any atom is -0.320 e. The summed E-state index contributed by atoms with van der Waals surface area (Å²) >= 11 is 0. The lowest BCUT2D eigenvalue weighted by Gasteiger charge is -2.09. The lowest BCUT2D eigenvalue weighted by Crippen LogP contribution is -2.14. The van der Waals surface area contributed by atoms with Gasteiger partial charge in [-0.15, -0.1) is 0 Å². The Labute approximate surface area is 85.7 Å². The molecule has 0 bridgehead atoms. The molecule has 0 unspecified atom stereocenters. The Morgan fingerprint density at radius 1 is 1.07 bits per heavy atom. The van der Waals surface area contributed by atoms with E-state index in [-0.39, 0.29) is 0 Å². The largest absolute Gasteiger partial charge is 0.320 e. The van der Waals surface area contributed by atoms with Crippen LogP contribution >= 0.6 is 0 Å². The highest BCUT2D eigenvalue weighted by atomic mass is 15.1. The van der Waals surface area contributed by atoms with E-state index in [2.05, 4.69) is 30.4 Å². The van der Waals surface area contributed by atoms with Gasteiger partial charge in [0.25, 0.3) is 0 Å². The van der Waals surface area contributed by atoms with Crippen LogP contribution in [0.15, 0.2) is 12.1 Å². The maximum absolute atomic E-state index is 2.50. The molecule has 1 aliphatic heterocycles. The van der Waals surface area contributed by atoms with Crippen LogP contribution in [0.5, 0.6) is 0 Å². The predicted molar refractivity (Wildman–Crippen MR) is 57.9 cm³/mol. The van der Waals surface area contributed by atoms with Gasteiger partial charge in [-0.05, 0) is 17.7 Å². The van der Waals surface area contributed by atoms with Gasteiger partial charge in [-0.2, -0.15) is 12.8 Å². The Hall–Kier alpha value is -0.820. The molecular weight excluding hydrogens is 170 g/mol. The molecule has 3 rings (SSSR count). The maximum atomic E-state index is 2.50. The van der Waals surface area contributed by atoms with Crippen molar-refractivity contribution in [3.8, 4) is 0 Å². The fourth-order valence-electron chi connectivity index (χ4n) is 2.61. The van der Waals surface area contributed by atoms with Crippen LogP contribution in [0, 0.1) is 6.42 Å². The van der Waals surface area contributed by atoms with Crippen molar-refractivity contribution in [1.29, 1.82) is 0 Å². The normalized spacial score (nSPS) is 19.8. The van der Waals surface area contributed by atoms with Crippen molar-refractivity contribution in [2.24, 2.45) is 0 Å². The summed E-state index contributed by atoms with van der Waals surface area (Å²) in [7, 11) is 0. The van der Waals surface area contributed by atoms with Crippen molar-refractivity contribution in [2.75, 3.05) is 6.54 Å². The summed E-state index contributed by atoms with van der Waals surface area (Å²) in [5.41, 5.74) is 6.28. The minimum absolute atomic E-state index is 1.17. The number of rotatable bonds is 1. The van der Waals surface area contributed by atoms with Crippen LogP contribution in [0.4, 0.5) is 0 Å². The third kappa shape index (κ3) is 1.19. The molecule has 0 saturated carbocycles. The van der Waals surface area contributed by atoms with Crippen LogP contribution in [0.3, 0.4) is 0 Å². The third-order valence-electron chi connectivity index (χ3n) is 3.49. The van der Waals surface area contributed by atoms with Crippen molar-refractivity contribution in [1.82, 2.24) is 4.90 Å². The quantitative estimate of drug-likeness (QED) is 0.608. The Kier molecular flexibility index (Phi) is 1.88. The lowest BCUT2D eigenvalue weighted by molar-refractivity contribution is 0.301. The zero-order valence-electron chi connectivity index (χ0n) is 8.71. The zero-order chi connectivity index (χ0) is 9.54. The zero-order valence-corrected chi connectivity index (χ0v) is 8.71. The second-order valence-corrected chi connectivity index (χ2v) is 4.39. The van der Waals surface area contributed by atoms with Crippen molar-refractivity contribution in [3.05, 3.63) is 40.8 Å². The van der Waals surface area contributed by atoms with E-state index in [1.807, 2.05) is 0 Å². The molecular formula is C13H16N-. The second kappa shape index (κ2) is 3.09. The summed E-state index contributed by atoms with van der Waals surface area (Å²) in [6, 6.07) is 4.87. The second-order valence-electron chi connectivity index (χ2n) is 4.39. The first kappa shape index (κ1) is 8.49. The van der Waals surface area contributed by atoms with Gasteiger partial charge in [-0.25, -0.2) is 0 Å². The van der Waals surface area contributed by atoms with Gasteiger partial charge in [-0.3, -0.25) is 4.90 Å². The van der Waals surface area contributed by atoms with E-state index in [0.717, 1.165) is 0 Å². The van der Waals surface area contributed by atoms with Crippen molar-refractivity contribution < 1.29 is 0 Å². The topological polar surface area (TPSA) is 3.24 Å². The molecule has 1 aliphatic carbocycles. The van der Waals surface area contributed by atoms with Crippen molar-refractivity contribution >= 4 is 0 Å². The first-order chi connectivity index (χ1) is 6.86. The summed E-state index contributed by atoms with van der Waals surface area (Å²) in [5, 5.41) is 0. The molecule has 1 aromatic rings. The number of nitrogens with zero attached hydrogens (tertiary/aromatic N) is 1. The van der Waals surface area contributed by atoms with Crippen molar-refractivity contribution in [3.63, 3.8) is 0 Å². The van der Waals surface area contributed by atoms with E-state index in [0.29, 0.717) is 0 Å². The van der Waals surface area contributed by atoms with Gasteiger partial charge in [0.15, 0.2) is 0 Å². The Bertz CT molecular complexity index is 335. The minimum atomic E-state index is 1.17. The van der Waals surface area contributed by atoms with Crippen LogP contribution < -0.4 is 0 Å². The molecule has 0 amide bonds. The van der Waals surface area contributed by atoms with Gasteiger partial charge in [-0.1, -0.05) is 30.2 Å². The fourth-order valence-corrected chi connectivity index (χ4v) is 2.61. The molecule has 1 heterocycles. The molecule has 0 spiro atoms. The first-order valence-corrected chi connectivity index (χ1v) is 5.54. The van der Waals surface area contributed by atoms with E-state index < -0.39 is 0 Å². The molecule has 1 heteroatoms. The predicted octanol–water partition coefficient (Wildman–Crippen LogP) is 2.32. The molecule has 0 radical (unpaired) electrons. The third-order valence-corrected chi connectivity index (χ3v) is 3.49. The molecule has 2 aliphatic rings. The van der Waals surface area contributed by atoms with E-state index in [1.165, 1.54) is 32.5 Å². The van der Waals surface area contributed by atoms with E-state index in [4.69, 9.17) is 0 Å². The van der Waals surface area contributed by atoms with E-state index >= 15 is 0 Å². The summed E-state index contributed by atoms with van der Waals surface area (Å²) < 4.78 is 0. The number of benzene rings is 1. The molecule has 14 heavy (non-hydrogen) atoms. The lowest BCUT2D eigenvalue weighted by atomic mass is 10.0. The van der Waals surface area contributed by atoms with Gasteiger partial charge in [0.1, 0.15) is 0 Å². The standard InChI is InChI=1S/C13H16N/c1-2-14-8-12-6-10-4-3-5-11(10)7-13(12)9-14/h3,6-7H,2,4-5,8-9H2,1H3/q-1. The van der Waals surface area contributed by atoms with Gasteiger partial charge in [0, 0.05) is 13.1 Å². The average Bonchev–Trinajstić information content (AvgIpc) is 2.77. The van der Waals surface area contributed by atoms with Crippen LogP contribution in [0.2, 0.25) is 0 Å². The molecule has 74 valence electrons. The first-order valence-electron chi connectivity index (χ1n) is 5.54. The molecule has 0 aromatic heterocycles. The van der Waals surface area contributed by atoms with Crippen LogP contribution in [-0.4, -0.2) is 11.4 Å². The highest BCUT2D eigenvalue weighted by Gasteiger charge is 2.19. The average molecular weight is 186 g/mol. The Morgan fingerprint density at radius 3 is 2.14 bits per heavy atom. The molecule has 1 aromatic carbocycles. The number of hydrogen-bond acceptors (Lipinski definition) is 1. The van der Waals surface area contributed by atoms with Crippen LogP contribution in [0.25, 0.3) is 0 Å². The highest BCUT2D eigenvalue weighted by molar-refractivity contribution is 5.44. The summed E-state index contributed by atoms with van der Waals surface area (Å²) in [4.78, 5) is 2.50. The number of fused-ring (bicyclic) bond motifs is 2. The smallest absolute Gasteiger partial charge is 0.0240 e. The Balaban J connectivity index is 2.00. The summed E-state index contributed by atoms with van der Waals surface area (Å²) in [6.45, 7) is 5.75. The molecule has 0 saturated heterocycles. The SMILES string of the molecule is CCN1Cc2cc3c(cc2C1)C[CH-]C3. The monoisotopic (exact) mass is 186 g/mol. The summed E-state index contributed by atoms with van der Waals surface area (Å²) in [6.07, 6.45) is 4.76. The van der Waals surface area contributed by atoms with Gasteiger partial charge in [0.05, 0.1) is 0 Å². The van der Waals surface area contributed by atoms with Crippen molar-refractivity contribution in [2.45, 2.75) is 32.9 Å². The van der Waals surface area contributed by atoms with Gasteiger partial charge in [0.2, 0.25) is 0 Å². The molecule has 0 N–H and O–H groups in total. The van der Waals surface area contributed by atoms with Gasteiger partial charge >= 0.3 is 0 Å². The summed E-state index contributed by atoms with van der Waals surface area (Å²) in [5.74, 6) is 0.